The van der Waals surface area contributed by atoms with Crippen LogP contribution in [-0.2, 0) is 6.54 Å². The van der Waals surface area contributed by atoms with E-state index in [9.17, 15) is 9.90 Å². The van der Waals surface area contributed by atoms with Crippen LogP contribution in [0, 0.1) is 20.8 Å². The largest absolute Gasteiger partial charge is 0.478 e. The van der Waals surface area contributed by atoms with E-state index in [2.05, 4.69) is 10.3 Å². The molecule has 0 saturated carbocycles. The van der Waals surface area contributed by atoms with Crippen molar-refractivity contribution in [3.63, 3.8) is 0 Å². The molecule has 0 bridgehead atoms. The molecular formula is C16H18N2O2. The summed E-state index contributed by atoms with van der Waals surface area (Å²) in [6, 6.07) is 9.78. The van der Waals surface area contributed by atoms with Crippen LogP contribution in [0.25, 0.3) is 0 Å². The summed E-state index contributed by atoms with van der Waals surface area (Å²) in [5.41, 5.74) is 4.06. The number of aromatic nitrogens is 1. The maximum absolute atomic E-state index is 11.4. The first-order valence-electron chi connectivity index (χ1n) is 6.49. The molecule has 104 valence electrons. The van der Waals surface area contributed by atoms with Gasteiger partial charge in [-0.1, -0.05) is 24.3 Å². The summed E-state index contributed by atoms with van der Waals surface area (Å²) in [6.07, 6.45) is 0. The van der Waals surface area contributed by atoms with E-state index in [4.69, 9.17) is 0 Å². The fourth-order valence-corrected chi connectivity index (χ4v) is 2.22. The molecule has 0 amide bonds. The first-order chi connectivity index (χ1) is 9.49. The zero-order valence-electron chi connectivity index (χ0n) is 11.9. The third kappa shape index (κ3) is 2.96. The van der Waals surface area contributed by atoms with Gasteiger partial charge >= 0.3 is 5.97 Å². The molecule has 0 aliphatic carbocycles. The van der Waals surface area contributed by atoms with E-state index >= 15 is 0 Å². The maximum Gasteiger partial charge on any atom is 0.339 e. The number of anilines is 1. The Bertz CT molecular complexity index is 651. The summed E-state index contributed by atoms with van der Waals surface area (Å²) in [5, 5.41) is 12.5. The number of carbonyl (C=O) groups is 1. The molecule has 0 aliphatic rings. The van der Waals surface area contributed by atoms with Crippen molar-refractivity contribution < 1.29 is 9.90 Å². The molecular weight excluding hydrogens is 252 g/mol. The smallest absolute Gasteiger partial charge is 0.339 e. The average molecular weight is 270 g/mol. The van der Waals surface area contributed by atoms with Gasteiger partial charge in [-0.15, -0.1) is 0 Å². The Morgan fingerprint density at radius 3 is 2.55 bits per heavy atom. The Morgan fingerprint density at radius 1 is 1.20 bits per heavy atom. The number of hydrogen-bond donors (Lipinski definition) is 2. The summed E-state index contributed by atoms with van der Waals surface area (Å²) in [6.45, 7) is 6.24. The van der Waals surface area contributed by atoms with Gasteiger partial charge < -0.3 is 10.4 Å². The van der Waals surface area contributed by atoms with Gasteiger partial charge in [0.2, 0.25) is 0 Å². The van der Waals surface area contributed by atoms with Crippen molar-refractivity contribution >= 4 is 11.8 Å². The first kappa shape index (κ1) is 14.1. The fourth-order valence-electron chi connectivity index (χ4n) is 2.22. The molecule has 20 heavy (non-hydrogen) atoms. The number of aromatic carboxylic acids is 1. The van der Waals surface area contributed by atoms with E-state index in [-0.39, 0.29) is 5.56 Å². The van der Waals surface area contributed by atoms with Gasteiger partial charge in [-0.05, 0) is 43.5 Å². The van der Waals surface area contributed by atoms with Crippen molar-refractivity contribution in [1.29, 1.82) is 0 Å². The second kappa shape index (κ2) is 5.74. The van der Waals surface area contributed by atoms with Gasteiger partial charge in [0.05, 0.1) is 0 Å². The lowest BCUT2D eigenvalue weighted by atomic mass is 10.1. The Hall–Kier alpha value is -2.36. The minimum absolute atomic E-state index is 0.240. The van der Waals surface area contributed by atoms with E-state index in [1.54, 1.807) is 13.0 Å². The average Bonchev–Trinajstić information content (AvgIpc) is 2.36. The second-order valence-corrected chi connectivity index (χ2v) is 4.89. The molecule has 0 atom stereocenters. The summed E-state index contributed by atoms with van der Waals surface area (Å²) in [5.74, 6) is -0.527. The molecule has 1 aromatic heterocycles. The number of pyridine rings is 1. The van der Waals surface area contributed by atoms with Crippen LogP contribution in [0.4, 0.5) is 5.82 Å². The highest BCUT2D eigenvalue weighted by Gasteiger charge is 2.15. The number of nitrogens with zero attached hydrogens (tertiary/aromatic N) is 1. The lowest BCUT2D eigenvalue weighted by molar-refractivity contribution is 0.0697. The summed E-state index contributed by atoms with van der Waals surface area (Å²) in [4.78, 5) is 15.7. The molecule has 0 fully saturated rings. The highest BCUT2D eigenvalue weighted by atomic mass is 16.4. The molecule has 0 saturated heterocycles. The molecule has 4 heteroatoms. The third-order valence-electron chi connectivity index (χ3n) is 3.27. The van der Waals surface area contributed by atoms with Crippen LogP contribution in [-0.4, -0.2) is 16.1 Å². The quantitative estimate of drug-likeness (QED) is 0.894. The Morgan fingerprint density at radius 2 is 1.90 bits per heavy atom. The standard InChI is InChI=1S/C16H18N2O2/c1-10-6-4-5-7-13(10)9-17-15-14(16(19)20)11(2)8-12(3)18-15/h4-8H,9H2,1-3H3,(H,17,18)(H,19,20). The number of nitrogens with one attached hydrogen (secondary N) is 1. The molecule has 2 rings (SSSR count). The van der Waals surface area contributed by atoms with Gasteiger partial charge in [0.15, 0.2) is 0 Å². The zero-order valence-corrected chi connectivity index (χ0v) is 11.9. The highest BCUT2D eigenvalue weighted by Crippen LogP contribution is 2.20. The van der Waals surface area contributed by atoms with Crippen LogP contribution >= 0.6 is 0 Å². The van der Waals surface area contributed by atoms with E-state index in [1.165, 1.54) is 5.56 Å². The number of carboxylic acids is 1. The molecule has 4 nitrogen and oxygen atoms in total. The van der Waals surface area contributed by atoms with Crippen molar-refractivity contribution in [3.8, 4) is 0 Å². The van der Waals surface area contributed by atoms with Gasteiger partial charge in [-0.2, -0.15) is 0 Å². The summed E-state index contributed by atoms with van der Waals surface area (Å²) >= 11 is 0. The molecule has 1 heterocycles. The van der Waals surface area contributed by atoms with Crippen molar-refractivity contribution in [1.82, 2.24) is 4.98 Å². The number of carboxylic acid groups (broad SMARTS) is 1. The maximum atomic E-state index is 11.4. The molecule has 0 spiro atoms. The van der Waals surface area contributed by atoms with Gasteiger partial charge in [0.25, 0.3) is 0 Å². The molecule has 1 aromatic carbocycles. The predicted molar refractivity (Wildman–Crippen MR) is 79.2 cm³/mol. The minimum atomic E-state index is -0.956. The van der Waals surface area contributed by atoms with Crippen molar-refractivity contribution in [3.05, 3.63) is 58.3 Å². The monoisotopic (exact) mass is 270 g/mol. The topological polar surface area (TPSA) is 62.2 Å². The summed E-state index contributed by atoms with van der Waals surface area (Å²) in [7, 11) is 0. The van der Waals surface area contributed by atoms with Gasteiger partial charge in [-0.3, -0.25) is 0 Å². The SMILES string of the molecule is Cc1cc(C)c(C(=O)O)c(NCc2ccccc2C)n1. The molecule has 2 N–H and O–H groups in total. The summed E-state index contributed by atoms with van der Waals surface area (Å²) < 4.78 is 0. The molecule has 0 unspecified atom stereocenters. The van der Waals surface area contributed by atoms with Crippen LogP contribution < -0.4 is 5.32 Å². The number of hydrogen-bond acceptors (Lipinski definition) is 3. The predicted octanol–water partition coefficient (Wildman–Crippen LogP) is 3.32. The third-order valence-corrected chi connectivity index (χ3v) is 3.27. The fraction of sp³-hybridized carbons (Fsp3) is 0.250. The van der Waals surface area contributed by atoms with Crippen molar-refractivity contribution in [2.24, 2.45) is 0 Å². The molecule has 0 radical (unpaired) electrons. The first-order valence-corrected chi connectivity index (χ1v) is 6.49. The van der Waals surface area contributed by atoms with Gasteiger partial charge in [0.1, 0.15) is 11.4 Å². The molecule has 2 aromatic rings. The number of aryl methyl sites for hydroxylation is 3. The van der Waals surface area contributed by atoms with E-state index in [1.807, 2.05) is 38.1 Å². The normalized spacial score (nSPS) is 10.3. The Kier molecular flexibility index (Phi) is 4.03. The molecule has 0 aliphatic heterocycles. The number of benzene rings is 1. The van der Waals surface area contributed by atoms with Gasteiger partial charge in [0, 0.05) is 12.2 Å². The Labute approximate surface area is 118 Å². The van der Waals surface area contributed by atoms with E-state index < -0.39 is 5.97 Å². The van der Waals surface area contributed by atoms with Crippen LogP contribution in [0.3, 0.4) is 0 Å². The van der Waals surface area contributed by atoms with E-state index in [0.29, 0.717) is 12.4 Å². The Balaban J connectivity index is 2.30. The van der Waals surface area contributed by atoms with Crippen LogP contribution in [0.5, 0.6) is 0 Å². The highest BCUT2D eigenvalue weighted by molar-refractivity contribution is 5.94. The zero-order chi connectivity index (χ0) is 14.7. The van der Waals surface area contributed by atoms with Crippen LogP contribution in [0.1, 0.15) is 32.7 Å². The van der Waals surface area contributed by atoms with E-state index in [0.717, 1.165) is 16.8 Å². The minimum Gasteiger partial charge on any atom is -0.478 e. The van der Waals surface area contributed by atoms with Crippen molar-refractivity contribution in [2.75, 3.05) is 5.32 Å². The number of rotatable bonds is 4. The lowest BCUT2D eigenvalue weighted by Crippen LogP contribution is -2.11. The van der Waals surface area contributed by atoms with Crippen LogP contribution in [0.2, 0.25) is 0 Å². The van der Waals surface area contributed by atoms with Crippen molar-refractivity contribution in [2.45, 2.75) is 27.3 Å². The van der Waals surface area contributed by atoms with Gasteiger partial charge in [-0.25, -0.2) is 9.78 Å². The van der Waals surface area contributed by atoms with Crippen LogP contribution in [0.15, 0.2) is 30.3 Å². The lowest BCUT2D eigenvalue weighted by Gasteiger charge is -2.13. The second-order valence-electron chi connectivity index (χ2n) is 4.89.